The third-order valence-corrected chi connectivity index (χ3v) is 3.89. The molecule has 0 radical (unpaired) electrons. The van der Waals surface area contributed by atoms with Crippen molar-refractivity contribution in [2.45, 2.75) is 39.2 Å². The van der Waals surface area contributed by atoms with Crippen molar-refractivity contribution in [1.82, 2.24) is 10.2 Å². The fourth-order valence-electron chi connectivity index (χ4n) is 2.87. The number of aromatic hydroxyl groups is 1. The molecule has 19 heavy (non-hydrogen) atoms. The minimum atomic E-state index is 0.255. The van der Waals surface area contributed by atoms with E-state index in [1.165, 1.54) is 17.5 Å². The average Bonchev–Trinajstić information content (AvgIpc) is 2.71. The monoisotopic (exact) mass is 257 g/mol. The number of rotatable bonds is 2. The first-order chi connectivity index (χ1) is 9.15. The third kappa shape index (κ3) is 2.18. The van der Waals surface area contributed by atoms with E-state index in [0.29, 0.717) is 5.75 Å². The standard InChI is InChI=1S/C15H19N3O/c1-9-15(10(2)18-17-9)16-14-5-3-4-11-6-7-12(19)8-13(11)14/h6-8,14,16,19H,3-5H2,1-2H3,(H,17,18). The first-order valence-corrected chi connectivity index (χ1v) is 6.75. The van der Waals surface area contributed by atoms with Crippen LogP contribution in [-0.4, -0.2) is 15.3 Å². The van der Waals surface area contributed by atoms with Gasteiger partial charge in [-0.1, -0.05) is 6.07 Å². The molecule has 0 saturated heterocycles. The number of nitrogens with zero attached hydrogens (tertiary/aromatic N) is 1. The molecule has 100 valence electrons. The van der Waals surface area contributed by atoms with Gasteiger partial charge in [0.05, 0.1) is 23.1 Å². The lowest BCUT2D eigenvalue weighted by Gasteiger charge is -2.27. The van der Waals surface area contributed by atoms with E-state index in [1.54, 1.807) is 6.07 Å². The van der Waals surface area contributed by atoms with Crippen molar-refractivity contribution in [1.29, 1.82) is 0 Å². The Hall–Kier alpha value is -1.97. The molecule has 1 unspecified atom stereocenters. The van der Waals surface area contributed by atoms with Gasteiger partial charge in [-0.3, -0.25) is 5.10 Å². The Bertz CT molecular complexity index is 584. The maximum Gasteiger partial charge on any atom is 0.115 e. The quantitative estimate of drug-likeness (QED) is 0.774. The van der Waals surface area contributed by atoms with Crippen LogP contribution in [0.5, 0.6) is 5.75 Å². The minimum Gasteiger partial charge on any atom is -0.508 e. The average molecular weight is 257 g/mol. The molecule has 1 aromatic carbocycles. The SMILES string of the molecule is Cc1n[nH]c(C)c1NC1CCCc2ccc(O)cc21. The Balaban J connectivity index is 1.94. The second-order valence-corrected chi connectivity index (χ2v) is 5.28. The number of benzene rings is 1. The number of aromatic nitrogens is 2. The zero-order chi connectivity index (χ0) is 13.4. The first kappa shape index (κ1) is 12.1. The highest BCUT2D eigenvalue weighted by atomic mass is 16.3. The predicted molar refractivity (Wildman–Crippen MR) is 75.5 cm³/mol. The van der Waals surface area contributed by atoms with Crippen LogP contribution in [-0.2, 0) is 6.42 Å². The van der Waals surface area contributed by atoms with E-state index >= 15 is 0 Å². The number of aromatic amines is 1. The maximum atomic E-state index is 9.69. The molecule has 1 aliphatic rings. The van der Waals surface area contributed by atoms with Gasteiger partial charge in [-0.05, 0) is 56.4 Å². The number of aryl methyl sites for hydroxylation is 3. The largest absolute Gasteiger partial charge is 0.508 e. The topological polar surface area (TPSA) is 60.9 Å². The second-order valence-electron chi connectivity index (χ2n) is 5.28. The Morgan fingerprint density at radius 1 is 1.37 bits per heavy atom. The summed E-state index contributed by atoms with van der Waals surface area (Å²) in [5.41, 5.74) is 5.68. The summed E-state index contributed by atoms with van der Waals surface area (Å²) in [7, 11) is 0. The summed E-state index contributed by atoms with van der Waals surface area (Å²) in [6, 6.07) is 5.95. The second kappa shape index (κ2) is 4.61. The number of hydrogen-bond donors (Lipinski definition) is 3. The summed E-state index contributed by atoms with van der Waals surface area (Å²) in [4.78, 5) is 0. The molecule has 0 amide bonds. The smallest absolute Gasteiger partial charge is 0.115 e. The van der Waals surface area contributed by atoms with Crippen LogP contribution in [0.15, 0.2) is 18.2 Å². The molecule has 1 aromatic heterocycles. The van der Waals surface area contributed by atoms with Gasteiger partial charge in [0.15, 0.2) is 0 Å². The van der Waals surface area contributed by atoms with Crippen molar-refractivity contribution in [2.75, 3.05) is 5.32 Å². The van der Waals surface area contributed by atoms with Crippen molar-refractivity contribution in [3.05, 3.63) is 40.7 Å². The fourth-order valence-corrected chi connectivity index (χ4v) is 2.87. The molecule has 1 atom stereocenters. The van der Waals surface area contributed by atoms with Crippen LogP contribution in [0.4, 0.5) is 5.69 Å². The van der Waals surface area contributed by atoms with Crippen LogP contribution < -0.4 is 5.32 Å². The van der Waals surface area contributed by atoms with Gasteiger partial charge in [0, 0.05) is 0 Å². The van der Waals surface area contributed by atoms with Crippen LogP contribution in [0.3, 0.4) is 0 Å². The molecule has 4 heteroatoms. The summed E-state index contributed by atoms with van der Waals surface area (Å²) in [6.07, 6.45) is 3.35. The zero-order valence-corrected chi connectivity index (χ0v) is 11.3. The molecule has 3 N–H and O–H groups in total. The normalized spacial score (nSPS) is 18.1. The number of fused-ring (bicyclic) bond motifs is 1. The van der Waals surface area contributed by atoms with Crippen LogP contribution in [0.1, 0.15) is 41.4 Å². The highest BCUT2D eigenvalue weighted by Crippen LogP contribution is 2.35. The summed E-state index contributed by atoms with van der Waals surface area (Å²) >= 11 is 0. The summed E-state index contributed by atoms with van der Waals surface area (Å²) in [5, 5.41) is 20.5. The lowest BCUT2D eigenvalue weighted by molar-refractivity contribution is 0.471. The Morgan fingerprint density at radius 2 is 2.21 bits per heavy atom. The van der Waals surface area contributed by atoms with Gasteiger partial charge >= 0.3 is 0 Å². The summed E-state index contributed by atoms with van der Waals surface area (Å²) < 4.78 is 0. The van der Waals surface area contributed by atoms with Crippen LogP contribution in [0, 0.1) is 13.8 Å². The molecule has 0 aliphatic heterocycles. The van der Waals surface area contributed by atoms with E-state index < -0.39 is 0 Å². The number of hydrogen-bond acceptors (Lipinski definition) is 3. The highest BCUT2D eigenvalue weighted by Gasteiger charge is 2.22. The minimum absolute atomic E-state index is 0.255. The van der Waals surface area contributed by atoms with E-state index in [-0.39, 0.29) is 6.04 Å². The molecule has 1 heterocycles. The molecule has 0 saturated carbocycles. The molecule has 0 spiro atoms. The number of H-pyrrole nitrogens is 1. The van der Waals surface area contributed by atoms with Crippen molar-refractivity contribution in [3.63, 3.8) is 0 Å². The molecule has 1 aliphatic carbocycles. The maximum absolute atomic E-state index is 9.69. The van der Waals surface area contributed by atoms with Gasteiger partial charge in [0.1, 0.15) is 5.75 Å². The number of anilines is 1. The van der Waals surface area contributed by atoms with E-state index in [4.69, 9.17) is 0 Å². The predicted octanol–water partition coefficient (Wildman–Crippen LogP) is 3.22. The van der Waals surface area contributed by atoms with Crippen molar-refractivity contribution >= 4 is 5.69 Å². The van der Waals surface area contributed by atoms with Crippen molar-refractivity contribution < 1.29 is 5.11 Å². The lowest BCUT2D eigenvalue weighted by atomic mass is 9.87. The highest BCUT2D eigenvalue weighted by molar-refractivity contribution is 5.54. The third-order valence-electron chi connectivity index (χ3n) is 3.89. The fraction of sp³-hybridized carbons (Fsp3) is 0.400. The Labute approximate surface area is 112 Å². The van der Waals surface area contributed by atoms with Crippen LogP contribution in [0.25, 0.3) is 0 Å². The van der Waals surface area contributed by atoms with Gasteiger partial charge in [-0.2, -0.15) is 5.10 Å². The zero-order valence-electron chi connectivity index (χ0n) is 11.3. The Kier molecular flexibility index (Phi) is 2.93. The van der Waals surface area contributed by atoms with Crippen LogP contribution in [0.2, 0.25) is 0 Å². The van der Waals surface area contributed by atoms with Gasteiger partial charge in [0.25, 0.3) is 0 Å². The summed E-state index contributed by atoms with van der Waals surface area (Å²) in [5.74, 6) is 0.341. The molecular formula is C15H19N3O. The first-order valence-electron chi connectivity index (χ1n) is 6.75. The molecular weight excluding hydrogens is 238 g/mol. The van der Waals surface area contributed by atoms with E-state index in [0.717, 1.165) is 29.9 Å². The van der Waals surface area contributed by atoms with E-state index in [9.17, 15) is 5.11 Å². The summed E-state index contributed by atoms with van der Waals surface area (Å²) in [6.45, 7) is 4.02. The number of phenolic OH excluding ortho intramolecular Hbond substituents is 1. The van der Waals surface area contributed by atoms with Gasteiger partial charge in [-0.15, -0.1) is 0 Å². The van der Waals surface area contributed by atoms with E-state index in [2.05, 4.69) is 15.5 Å². The molecule has 3 rings (SSSR count). The molecule has 0 bridgehead atoms. The van der Waals surface area contributed by atoms with Gasteiger partial charge in [0.2, 0.25) is 0 Å². The number of nitrogens with one attached hydrogen (secondary N) is 2. The van der Waals surface area contributed by atoms with Crippen molar-refractivity contribution in [3.8, 4) is 5.75 Å². The lowest BCUT2D eigenvalue weighted by Crippen LogP contribution is -2.17. The molecule has 0 fully saturated rings. The molecule has 2 aromatic rings. The number of phenols is 1. The molecule has 4 nitrogen and oxygen atoms in total. The van der Waals surface area contributed by atoms with Gasteiger partial charge in [-0.25, -0.2) is 0 Å². The van der Waals surface area contributed by atoms with Crippen LogP contribution >= 0.6 is 0 Å². The van der Waals surface area contributed by atoms with E-state index in [1.807, 2.05) is 26.0 Å². The Morgan fingerprint density at radius 3 is 2.95 bits per heavy atom. The van der Waals surface area contributed by atoms with Gasteiger partial charge < -0.3 is 10.4 Å². The van der Waals surface area contributed by atoms with Crippen molar-refractivity contribution in [2.24, 2.45) is 0 Å².